The van der Waals surface area contributed by atoms with Crippen LogP contribution >= 0.6 is 12.4 Å². The predicted octanol–water partition coefficient (Wildman–Crippen LogP) is 2.28. The van der Waals surface area contributed by atoms with Gasteiger partial charge in [0.2, 0.25) is 11.8 Å². The summed E-state index contributed by atoms with van der Waals surface area (Å²) < 4.78 is 26.7. The Kier molecular flexibility index (Phi) is 9.11. The third kappa shape index (κ3) is 6.45. The van der Waals surface area contributed by atoms with Gasteiger partial charge >= 0.3 is 0 Å². The van der Waals surface area contributed by atoms with Gasteiger partial charge in [0, 0.05) is 38.8 Å². The van der Waals surface area contributed by atoms with Gasteiger partial charge in [0.25, 0.3) is 0 Å². The molecular weight excluding hydrogens is 376 g/mol. The van der Waals surface area contributed by atoms with Gasteiger partial charge in [-0.05, 0) is 17.7 Å². The van der Waals surface area contributed by atoms with Crippen molar-refractivity contribution in [3.05, 3.63) is 60.7 Å². The summed E-state index contributed by atoms with van der Waals surface area (Å²) in [4.78, 5) is 28.1. The lowest BCUT2D eigenvalue weighted by Gasteiger charge is -2.34. The van der Waals surface area contributed by atoms with Crippen molar-refractivity contribution in [2.45, 2.75) is 19.0 Å². The third-order valence-electron chi connectivity index (χ3n) is 4.11. The standard InChI is InChI=1S/C19H23F2N3O2.ClH/c1-3-6-23(7-4-2)18(25)12-17-19(26)24(8-5-22-17)13-14-9-15(20)11-16(21)10-14;/h3-4,9-11,17,22H,1-2,5-8,12-13H2;1H. The summed E-state index contributed by atoms with van der Waals surface area (Å²) in [6, 6.07) is 2.54. The molecule has 0 radical (unpaired) electrons. The number of benzene rings is 1. The van der Waals surface area contributed by atoms with E-state index in [1.165, 1.54) is 17.0 Å². The first-order valence-corrected chi connectivity index (χ1v) is 8.41. The maximum absolute atomic E-state index is 13.3. The van der Waals surface area contributed by atoms with Gasteiger partial charge in [-0.3, -0.25) is 9.59 Å². The van der Waals surface area contributed by atoms with E-state index in [2.05, 4.69) is 18.5 Å². The molecule has 1 aliphatic rings. The number of carbonyl (C=O) groups excluding carboxylic acids is 2. The summed E-state index contributed by atoms with van der Waals surface area (Å²) in [5.41, 5.74) is 0.378. The van der Waals surface area contributed by atoms with E-state index in [0.717, 1.165) is 6.07 Å². The first-order chi connectivity index (χ1) is 12.4. The number of hydrogen-bond acceptors (Lipinski definition) is 3. The second-order valence-electron chi connectivity index (χ2n) is 6.12. The molecule has 1 heterocycles. The maximum atomic E-state index is 13.3. The molecule has 1 aliphatic heterocycles. The molecule has 2 rings (SSSR count). The Hall–Kier alpha value is -2.25. The highest BCUT2D eigenvalue weighted by atomic mass is 35.5. The number of nitrogens with zero attached hydrogens (tertiary/aromatic N) is 2. The van der Waals surface area contributed by atoms with Crippen LogP contribution in [0, 0.1) is 11.6 Å². The fourth-order valence-corrected chi connectivity index (χ4v) is 2.92. The normalized spacial score (nSPS) is 16.4. The van der Waals surface area contributed by atoms with Crippen LogP contribution < -0.4 is 5.32 Å². The molecule has 1 atom stereocenters. The van der Waals surface area contributed by atoms with E-state index in [0.29, 0.717) is 31.7 Å². The Labute approximate surface area is 164 Å². The minimum absolute atomic E-state index is 0. The van der Waals surface area contributed by atoms with E-state index in [-0.39, 0.29) is 37.2 Å². The Morgan fingerprint density at radius 1 is 1.22 bits per heavy atom. The number of piperazine rings is 1. The summed E-state index contributed by atoms with van der Waals surface area (Å²) in [6.07, 6.45) is 3.24. The lowest BCUT2D eigenvalue weighted by Crippen LogP contribution is -2.56. The van der Waals surface area contributed by atoms with E-state index >= 15 is 0 Å². The molecule has 5 nitrogen and oxygen atoms in total. The predicted molar refractivity (Wildman–Crippen MR) is 102 cm³/mol. The van der Waals surface area contributed by atoms with E-state index in [1.54, 1.807) is 17.1 Å². The van der Waals surface area contributed by atoms with Crippen molar-refractivity contribution in [3.63, 3.8) is 0 Å². The fourth-order valence-electron chi connectivity index (χ4n) is 2.92. The Bertz CT molecular complexity index is 669. The zero-order chi connectivity index (χ0) is 19.1. The van der Waals surface area contributed by atoms with Gasteiger partial charge < -0.3 is 15.1 Å². The lowest BCUT2D eigenvalue weighted by atomic mass is 10.1. The van der Waals surface area contributed by atoms with E-state index < -0.39 is 17.7 Å². The van der Waals surface area contributed by atoms with Gasteiger partial charge in [-0.15, -0.1) is 25.6 Å². The highest BCUT2D eigenvalue weighted by Gasteiger charge is 2.31. The largest absolute Gasteiger partial charge is 0.336 e. The second-order valence-corrected chi connectivity index (χ2v) is 6.12. The van der Waals surface area contributed by atoms with Crippen molar-refractivity contribution in [2.75, 3.05) is 26.2 Å². The minimum Gasteiger partial charge on any atom is -0.336 e. The topological polar surface area (TPSA) is 52.7 Å². The Morgan fingerprint density at radius 2 is 1.81 bits per heavy atom. The third-order valence-corrected chi connectivity index (χ3v) is 4.11. The van der Waals surface area contributed by atoms with Gasteiger partial charge in [0.1, 0.15) is 11.6 Å². The molecule has 1 unspecified atom stereocenters. The van der Waals surface area contributed by atoms with Crippen LogP contribution in [0.4, 0.5) is 8.78 Å². The van der Waals surface area contributed by atoms with E-state index in [9.17, 15) is 18.4 Å². The molecule has 0 aliphatic carbocycles. The van der Waals surface area contributed by atoms with Gasteiger partial charge in [-0.25, -0.2) is 8.78 Å². The van der Waals surface area contributed by atoms with Gasteiger partial charge in [0.15, 0.2) is 0 Å². The first-order valence-electron chi connectivity index (χ1n) is 8.41. The number of carbonyl (C=O) groups is 2. The highest BCUT2D eigenvalue weighted by Crippen LogP contribution is 2.14. The lowest BCUT2D eigenvalue weighted by molar-refractivity contribution is -0.141. The van der Waals surface area contributed by atoms with Crippen molar-refractivity contribution < 1.29 is 18.4 Å². The molecule has 0 saturated carbocycles. The molecule has 1 saturated heterocycles. The summed E-state index contributed by atoms with van der Waals surface area (Å²) in [5.74, 6) is -1.81. The molecule has 0 spiro atoms. The van der Waals surface area contributed by atoms with Crippen LogP contribution in [0.2, 0.25) is 0 Å². The molecule has 1 aromatic carbocycles. The quantitative estimate of drug-likeness (QED) is 0.682. The SMILES string of the molecule is C=CCN(CC=C)C(=O)CC1NCCN(Cc2cc(F)cc(F)c2)C1=O.Cl. The van der Waals surface area contributed by atoms with Gasteiger partial charge in [-0.1, -0.05) is 12.2 Å². The van der Waals surface area contributed by atoms with Crippen molar-refractivity contribution in [2.24, 2.45) is 0 Å². The van der Waals surface area contributed by atoms with Crippen LogP contribution in [0.1, 0.15) is 12.0 Å². The van der Waals surface area contributed by atoms with E-state index in [4.69, 9.17) is 0 Å². The first kappa shape index (κ1) is 22.8. The zero-order valence-corrected chi connectivity index (χ0v) is 15.8. The van der Waals surface area contributed by atoms with Crippen LogP contribution in [0.5, 0.6) is 0 Å². The Morgan fingerprint density at radius 3 is 2.37 bits per heavy atom. The summed E-state index contributed by atoms with van der Waals surface area (Å²) >= 11 is 0. The minimum atomic E-state index is -0.682. The van der Waals surface area contributed by atoms with Crippen molar-refractivity contribution >= 4 is 24.2 Å². The van der Waals surface area contributed by atoms with Crippen LogP contribution in [0.3, 0.4) is 0 Å². The smallest absolute Gasteiger partial charge is 0.240 e. The molecule has 1 aromatic rings. The van der Waals surface area contributed by atoms with E-state index in [1.807, 2.05) is 0 Å². The Balaban J connectivity index is 0.00000364. The maximum Gasteiger partial charge on any atom is 0.240 e. The summed E-state index contributed by atoms with van der Waals surface area (Å²) in [7, 11) is 0. The molecule has 148 valence electrons. The summed E-state index contributed by atoms with van der Waals surface area (Å²) in [6.45, 7) is 9.00. The van der Waals surface area contributed by atoms with Crippen LogP contribution in [0.15, 0.2) is 43.5 Å². The van der Waals surface area contributed by atoms with Gasteiger partial charge in [0.05, 0.1) is 12.5 Å². The molecule has 1 fully saturated rings. The number of nitrogens with one attached hydrogen (secondary N) is 1. The fraction of sp³-hybridized carbons (Fsp3) is 0.368. The zero-order valence-electron chi connectivity index (χ0n) is 15.0. The molecule has 0 aromatic heterocycles. The van der Waals surface area contributed by atoms with Crippen molar-refractivity contribution in [1.29, 1.82) is 0 Å². The van der Waals surface area contributed by atoms with Gasteiger partial charge in [-0.2, -0.15) is 0 Å². The molecule has 8 heteroatoms. The van der Waals surface area contributed by atoms with Crippen LogP contribution in [-0.4, -0.2) is 53.8 Å². The molecule has 0 bridgehead atoms. The number of rotatable bonds is 8. The average Bonchev–Trinajstić information content (AvgIpc) is 2.57. The van der Waals surface area contributed by atoms with Crippen molar-refractivity contribution in [1.82, 2.24) is 15.1 Å². The number of hydrogen-bond donors (Lipinski definition) is 1. The number of halogens is 3. The van der Waals surface area contributed by atoms with Crippen molar-refractivity contribution in [3.8, 4) is 0 Å². The molecule has 27 heavy (non-hydrogen) atoms. The monoisotopic (exact) mass is 399 g/mol. The van der Waals surface area contributed by atoms with Crippen LogP contribution in [-0.2, 0) is 16.1 Å². The van der Waals surface area contributed by atoms with Crippen LogP contribution in [0.25, 0.3) is 0 Å². The molecular formula is C19H24ClF2N3O2. The molecule has 2 amide bonds. The average molecular weight is 400 g/mol. The summed E-state index contributed by atoms with van der Waals surface area (Å²) in [5, 5.41) is 3.04. The highest BCUT2D eigenvalue weighted by molar-refractivity contribution is 5.89. The molecule has 1 N–H and O–H groups in total. The number of amides is 2. The second kappa shape index (κ2) is 10.8.